The van der Waals surface area contributed by atoms with Crippen LogP contribution >= 0.6 is 11.6 Å². The average molecular weight is 456 g/mol. The summed E-state index contributed by atoms with van der Waals surface area (Å²) in [5, 5.41) is 9.96. The third-order valence-electron chi connectivity index (χ3n) is 5.49. The first kappa shape index (κ1) is 22.0. The Morgan fingerprint density at radius 2 is 1.88 bits per heavy atom. The molecule has 0 spiro atoms. The maximum absolute atomic E-state index is 14.0. The van der Waals surface area contributed by atoms with Crippen LogP contribution in [0.3, 0.4) is 0 Å². The standard InChI is InChI=1S/C25H20ClF2NO3/c1-14-5-9-22(29-24(14)25(30)31)19-4-2-3-18(19)20-11-16(26)7-10-23(20)32-13-15-6-8-17(27)12-21(15)28/h5-12H,2-4,13H2,1H3,(H,30,31). The number of nitrogens with zero attached hydrogens (tertiary/aromatic N) is 1. The van der Waals surface area contributed by atoms with E-state index in [-0.39, 0.29) is 17.9 Å². The number of allylic oxidation sites excluding steroid dienone is 2. The lowest BCUT2D eigenvalue weighted by Crippen LogP contribution is -2.06. The Morgan fingerprint density at radius 1 is 1.09 bits per heavy atom. The Hall–Kier alpha value is -3.25. The quantitative estimate of drug-likeness (QED) is 0.449. The van der Waals surface area contributed by atoms with Crippen LogP contribution in [-0.2, 0) is 6.61 Å². The molecule has 1 aromatic heterocycles. The Balaban J connectivity index is 1.73. The van der Waals surface area contributed by atoms with Gasteiger partial charge in [0.1, 0.15) is 24.0 Å². The van der Waals surface area contributed by atoms with Crippen molar-refractivity contribution in [2.24, 2.45) is 0 Å². The van der Waals surface area contributed by atoms with Crippen LogP contribution in [0.4, 0.5) is 8.78 Å². The predicted octanol–water partition coefficient (Wildman–Crippen LogP) is 6.69. The van der Waals surface area contributed by atoms with Crippen LogP contribution in [0.2, 0.25) is 5.02 Å². The monoisotopic (exact) mass is 455 g/mol. The van der Waals surface area contributed by atoms with E-state index in [1.807, 2.05) is 6.07 Å². The minimum Gasteiger partial charge on any atom is -0.488 e. The summed E-state index contributed by atoms with van der Waals surface area (Å²) in [4.78, 5) is 15.9. The first-order chi connectivity index (χ1) is 15.3. The van der Waals surface area contributed by atoms with Crippen molar-refractivity contribution in [1.82, 2.24) is 4.98 Å². The molecule has 3 aromatic rings. The zero-order valence-corrected chi connectivity index (χ0v) is 18.0. The summed E-state index contributed by atoms with van der Waals surface area (Å²) < 4.78 is 33.1. The number of carboxylic acid groups (broad SMARTS) is 1. The average Bonchev–Trinajstić information content (AvgIpc) is 3.23. The highest BCUT2D eigenvalue weighted by Gasteiger charge is 2.23. The van der Waals surface area contributed by atoms with E-state index in [4.69, 9.17) is 16.3 Å². The van der Waals surface area contributed by atoms with Crippen LogP contribution in [0.25, 0.3) is 11.1 Å². The smallest absolute Gasteiger partial charge is 0.354 e. The van der Waals surface area contributed by atoms with E-state index in [0.717, 1.165) is 42.0 Å². The molecular formula is C25H20ClF2NO3. The van der Waals surface area contributed by atoms with Crippen molar-refractivity contribution in [3.63, 3.8) is 0 Å². The van der Waals surface area contributed by atoms with Crippen LogP contribution in [0, 0.1) is 18.6 Å². The Morgan fingerprint density at radius 3 is 2.62 bits per heavy atom. The largest absolute Gasteiger partial charge is 0.488 e. The SMILES string of the molecule is Cc1ccc(C2=C(c3cc(Cl)ccc3OCc3ccc(F)cc3F)CCC2)nc1C(=O)O. The molecule has 0 saturated carbocycles. The van der Waals surface area contributed by atoms with Gasteiger partial charge in [-0.1, -0.05) is 17.7 Å². The van der Waals surface area contributed by atoms with Crippen molar-refractivity contribution in [3.8, 4) is 5.75 Å². The number of hydrogen-bond acceptors (Lipinski definition) is 3. The number of aromatic carboxylic acids is 1. The third-order valence-corrected chi connectivity index (χ3v) is 5.73. The predicted molar refractivity (Wildman–Crippen MR) is 119 cm³/mol. The van der Waals surface area contributed by atoms with Crippen molar-refractivity contribution in [2.45, 2.75) is 32.8 Å². The highest BCUT2D eigenvalue weighted by atomic mass is 35.5. The maximum atomic E-state index is 14.0. The molecule has 0 atom stereocenters. The Bertz CT molecular complexity index is 1240. The minimum atomic E-state index is -1.07. The van der Waals surface area contributed by atoms with E-state index in [1.54, 1.807) is 31.2 Å². The van der Waals surface area contributed by atoms with Gasteiger partial charge in [0, 0.05) is 22.2 Å². The molecule has 1 heterocycles. The molecular weight excluding hydrogens is 436 g/mol. The van der Waals surface area contributed by atoms with Crippen molar-refractivity contribution < 1.29 is 23.4 Å². The van der Waals surface area contributed by atoms with Crippen LogP contribution < -0.4 is 4.74 Å². The number of pyridine rings is 1. The Kier molecular flexibility index (Phi) is 6.24. The van der Waals surface area contributed by atoms with Crippen molar-refractivity contribution in [2.75, 3.05) is 0 Å². The fourth-order valence-corrected chi connectivity index (χ4v) is 4.07. The summed E-state index contributed by atoms with van der Waals surface area (Å²) in [6, 6.07) is 12.1. The molecule has 0 unspecified atom stereocenters. The number of carbonyl (C=O) groups is 1. The second-order valence-electron chi connectivity index (χ2n) is 7.64. The molecule has 4 nitrogen and oxygen atoms in total. The number of halogens is 3. The summed E-state index contributed by atoms with van der Waals surface area (Å²) in [5.41, 5.74) is 4.12. The second-order valence-corrected chi connectivity index (χ2v) is 8.08. The van der Waals surface area contributed by atoms with Crippen molar-refractivity contribution >= 4 is 28.7 Å². The van der Waals surface area contributed by atoms with E-state index >= 15 is 0 Å². The number of benzene rings is 2. The fraction of sp³-hybridized carbons (Fsp3) is 0.200. The molecule has 1 aliphatic carbocycles. The van der Waals surface area contributed by atoms with Gasteiger partial charge in [0.25, 0.3) is 0 Å². The van der Waals surface area contributed by atoms with Gasteiger partial charge < -0.3 is 9.84 Å². The van der Waals surface area contributed by atoms with Gasteiger partial charge in [-0.15, -0.1) is 0 Å². The first-order valence-corrected chi connectivity index (χ1v) is 10.5. The number of aromatic nitrogens is 1. The summed E-state index contributed by atoms with van der Waals surface area (Å²) in [6.45, 7) is 1.64. The highest BCUT2D eigenvalue weighted by Crippen LogP contribution is 2.43. The number of hydrogen-bond donors (Lipinski definition) is 1. The van der Waals surface area contributed by atoms with Gasteiger partial charge in [0.05, 0.1) is 5.69 Å². The summed E-state index contributed by atoms with van der Waals surface area (Å²) in [6.07, 6.45) is 2.36. The number of aryl methyl sites for hydroxylation is 1. The van der Waals surface area contributed by atoms with Gasteiger partial charge in [-0.05, 0) is 79.3 Å². The number of ether oxygens (including phenoxy) is 1. The lowest BCUT2D eigenvalue weighted by molar-refractivity contribution is 0.0689. The second kappa shape index (κ2) is 9.09. The molecule has 32 heavy (non-hydrogen) atoms. The summed E-state index contributed by atoms with van der Waals surface area (Å²) in [7, 11) is 0. The molecule has 1 N–H and O–H groups in total. The number of rotatable bonds is 6. The van der Waals surface area contributed by atoms with Gasteiger partial charge in [-0.3, -0.25) is 0 Å². The van der Waals surface area contributed by atoms with Gasteiger partial charge in [-0.2, -0.15) is 0 Å². The van der Waals surface area contributed by atoms with Gasteiger partial charge >= 0.3 is 5.97 Å². The van der Waals surface area contributed by atoms with Crippen LogP contribution in [-0.4, -0.2) is 16.1 Å². The molecule has 1 aliphatic rings. The molecule has 2 aromatic carbocycles. The molecule has 0 bridgehead atoms. The lowest BCUT2D eigenvalue weighted by Gasteiger charge is -2.15. The Labute approximate surface area is 189 Å². The molecule has 4 rings (SSSR count). The topological polar surface area (TPSA) is 59.4 Å². The van der Waals surface area contributed by atoms with Gasteiger partial charge in [0.15, 0.2) is 5.69 Å². The zero-order valence-electron chi connectivity index (χ0n) is 17.3. The lowest BCUT2D eigenvalue weighted by atomic mass is 9.98. The van der Waals surface area contributed by atoms with E-state index in [1.165, 1.54) is 12.1 Å². The fourth-order valence-electron chi connectivity index (χ4n) is 3.90. The van der Waals surface area contributed by atoms with Gasteiger partial charge in [0.2, 0.25) is 0 Å². The van der Waals surface area contributed by atoms with E-state index in [9.17, 15) is 18.7 Å². The molecule has 0 fully saturated rings. The van der Waals surface area contributed by atoms with Crippen molar-refractivity contribution in [1.29, 1.82) is 0 Å². The minimum absolute atomic E-state index is 0.0237. The van der Waals surface area contributed by atoms with E-state index < -0.39 is 17.6 Å². The van der Waals surface area contributed by atoms with Gasteiger partial charge in [-0.25, -0.2) is 18.6 Å². The third kappa shape index (κ3) is 4.50. The zero-order chi connectivity index (χ0) is 22.8. The van der Waals surface area contributed by atoms with Crippen LogP contribution in [0.5, 0.6) is 5.75 Å². The molecule has 0 amide bonds. The molecule has 164 valence electrons. The maximum Gasteiger partial charge on any atom is 0.354 e. The molecule has 0 radical (unpaired) electrons. The molecule has 0 saturated heterocycles. The van der Waals surface area contributed by atoms with Crippen LogP contribution in [0.15, 0.2) is 48.5 Å². The van der Waals surface area contributed by atoms with E-state index in [0.29, 0.717) is 22.0 Å². The summed E-state index contributed by atoms with van der Waals surface area (Å²) >= 11 is 6.26. The molecule has 7 heteroatoms. The van der Waals surface area contributed by atoms with E-state index in [2.05, 4.69) is 4.98 Å². The normalized spacial score (nSPS) is 13.5. The summed E-state index contributed by atoms with van der Waals surface area (Å²) in [5.74, 6) is -1.88. The first-order valence-electron chi connectivity index (χ1n) is 10.1. The highest BCUT2D eigenvalue weighted by molar-refractivity contribution is 6.30. The molecule has 0 aliphatic heterocycles. The number of carboxylic acids is 1. The van der Waals surface area contributed by atoms with Crippen LogP contribution in [0.1, 0.15) is 52.1 Å². The van der Waals surface area contributed by atoms with Crippen molar-refractivity contribution in [3.05, 3.63) is 93.3 Å².